The molecule has 2 aromatic heterocycles. The maximum absolute atomic E-state index is 11.6. The molecular formula is C19H21N5O2. The van der Waals surface area contributed by atoms with Crippen LogP contribution in [0.15, 0.2) is 34.9 Å². The van der Waals surface area contributed by atoms with Gasteiger partial charge in [0, 0.05) is 30.4 Å². The molecule has 7 nitrogen and oxygen atoms in total. The number of benzene rings is 1. The summed E-state index contributed by atoms with van der Waals surface area (Å²) in [5.74, 6) is 1.68. The Kier molecular flexibility index (Phi) is 4.20. The van der Waals surface area contributed by atoms with Gasteiger partial charge in [0.25, 0.3) is 0 Å². The van der Waals surface area contributed by atoms with Gasteiger partial charge in [-0.3, -0.25) is 4.79 Å². The molecule has 0 radical (unpaired) electrons. The zero-order chi connectivity index (χ0) is 18.1. The van der Waals surface area contributed by atoms with E-state index < -0.39 is 0 Å². The molecule has 1 amide bonds. The van der Waals surface area contributed by atoms with Crippen LogP contribution in [0.5, 0.6) is 0 Å². The van der Waals surface area contributed by atoms with Crippen molar-refractivity contribution >= 4 is 40.1 Å². The van der Waals surface area contributed by atoms with E-state index in [4.69, 9.17) is 4.42 Å². The molecule has 1 aliphatic rings. The highest BCUT2D eigenvalue weighted by Crippen LogP contribution is 2.29. The molecule has 3 aromatic rings. The molecule has 0 spiro atoms. The summed E-state index contributed by atoms with van der Waals surface area (Å²) in [6.45, 7) is 5.05. The summed E-state index contributed by atoms with van der Waals surface area (Å²) >= 11 is 0. The van der Waals surface area contributed by atoms with Gasteiger partial charge in [0.1, 0.15) is 5.52 Å². The summed E-state index contributed by atoms with van der Waals surface area (Å²) < 4.78 is 5.51. The van der Waals surface area contributed by atoms with Gasteiger partial charge in [-0.2, -0.15) is 4.98 Å². The van der Waals surface area contributed by atoms with E-state index in [2.05, 4.69) is 39.8 Å². The maximum Gasteiger partial charge on any atom is 0.229 e. The van der Waals surface area contributed by atoms with E-state index in [1.54, 1.807) is 6.26 Å². The fourth-order valence-electron chi connectivity index (χ4n) is 2.92. The minimum absolute atomic E-state index is 0.0471. The van der Waals surface area contributed by atoms with Gasteiger partial charge in [-0.05, 0) is 30.0 Å². The largest absolute Gasteiger partial charge is 0.459 e. The first kappa shape index (κ1) is 16.4. The quantitative estimate of drug-likeness (QED) is 0.645. The third-order valence-electron chi connectivity index (χ3n) is 4.24. The topological polar surface area (TPSA) is 92.1 Å². The third kappa shape index (κ3) is 3.33. The van der Waals surface area contributed by atoms with E-state index in [0.29, 0.717) is 29.7 Å². The second-order valence-corrected chi connectivity index (χ2v) is 6.85. The van der Waals surface area contributed by atoms with E-state index in [1.807, 2.05) is 24.3 Å². The average molecular weight is 351 g/mol. The van der Waals surface area contributed by atoms with Crippen molar-refractivity contribution in [3.63, 3.8) is 0 Å². The highest BCUT2D eigenvalue weighted by molar-refractivity contribution is 5.94. The number of carbonyl (C=O) groups excluding carboxylic acids is 1. The van der Waals surface area contributed by atoms with Crippen LogP contribution in [0.25, 0.3) is 11.1 Å². The van der Waals surface area contributed by atoms with Crippen LogP contribution in [0.2, 0.25) is 0 Å². The molecule has 4 rings (SSSR count). The molecule has 26 heavy (non-hydrogen) atoms. The number of aromatic nitrogens is 2. The SMILES string of the molecule is CC(C)CNc1nc(Nc2ccc3c(c2)NC(=O)CC3)nc2ccoc12. The van der Waals surface area contributed by atoms with E-state index >= 15 is 0 Å². The van der Waals surface area contributed by atoms with E-state index in [-0.39, 0.29) is 5.91 Å². The molecule has 0 saturated heterocycles. The standard InChI is InChI=1S/C19H21N5O2/c1-11(2)10-20-18-17-14(7-8-26-17)23-19(24-18)21-13-5-3-12-4-6-16(25)22-15(12)9-13/h3,5,7-9,11H,4,6,10H2,1-2H3,(H,22,25)(H2,20,21,23,24). The van der Waals surface area contributed by atoms with E-state index in [0.717, 1.165) is 35.4 Å². The number of fused-ring (bicyclic) bond motifs is 2. The zero-order valence-corrected chi connectivity index (χ0v) is 14.8. The lowest BCUT2D eigenvalue weighted by molar-refractivity contribution is -0.116. The Hall–Kier alpha value is -3.09. The second-order valence-electron chi connectivity index (χ2n) is 6.85. The summed E-state index contributed by atoms with van der Waals surface area (Å²) in [6, 6.07) is 7.72. The van der Waals surface area contributed by atoms with E-state index in [9.17, 15) is 4.79 Å². The lowest BCUT2D eigenvalue weighted by Crippen LogP contribution is -2.18. The highest BCUT2D eigenvalue weighted by Gasteiger charge is 2.16. The Bertz CT molecular complexity index is 964. The molecule has 0 atom stereocenters. The van der Waals surface area contributed by atoms with Crippen LogP contribution in [0, 0.1) is 5.92 Å². The number of rotatable bonds is 5. The Labute approximate surface area is 151 Å². The number of nitrogens with one attached hydrogen (secondary N) is 3. The predicted molar refractivity (Wildman–Crippen MR) is 102 cm³/mol. The molecule has 7 heteroatoms. The molecule has 0 aliphatic carbocycles. The lowest BCUT2D eigenvalue weighted by Gasteiger charge is -2.18. The summed E-state index contributed by atoms with van der Waals surface area (Å²) in [6.07, 6.45) is 2.91. The number of hydrogen-bond acceptors (Lipinski definition) is 6. The Morgan fingerprint density at radius 1 is 1.23 bits per heavy atom. The van der Waals surface area contributed by atoms with Crippen LogP contribution in [0.1, 0.15) is 25.8 Å². The summed E-state index contributed by atoms with van der Waals surface area (Å²) in [7, 11) is 0. The van der Waals surface area contributed by atoms with Gasteiger partial charge in [0.15, 0.2) is 11.4 Å². The van der Waals surface area contributed by atoms with Gasteiger partial charge >= 0.3 is 0 Å². The van der Waals surface area contributed by atoms with Crippen molar-refractivity contribution in [3.8, 4) is 0 Å². The van der Waals surface area contributed by atoms with Crippen molar-refractivity contribution in [2.24, 2.45) is 5.92 Å². The first-order valence-electron chi connectivity index (χ1n) is 8.77. The fraction of sp³-hybridized carbons (Fsp3) is 0.316. The summed E-state index contributed by atoms with van der Waals surface area (Å²) in [5, 5.41) is 9.45. The molecule has 1 aliphatic heterocycles. The van der Waals surface area contributed by atoms with Crippen molar-refractivity contribution < 1.29 is 9.21 Å². The third-order valence-corrected chi connectivity index (χ3v) is 4.24. The van der Waals surface area contributed by atoms with Crippen LogP contribution in [0.3, 0.4) is 0 Å². The number of nitrogens with zero attached hydrogens (tertiary/aromatic N) is 2. The fourth-order valence-corrected chi connectivity index (χ4v) is 2.92. The molecule has 0 unspecified atom stereocenters. The minimum atomic E-state index is 0.0471. The van der Waals surface area contributed by atoms with Crippen molar-refractivity contribution in [2.75, 3.05) is 22.5 Å². The molecule has 3 N–H and O–H groups in total. The van der Waals surface area contributed by atoms with Crippen LogP contribution >= 0.6 is 0 Å². The van der Waals surface area contributed by atoms with Gasteiger partial charge in [0.05, 0.1) is 6.26 Å². The van der Waals surface area contributed by atoms with Gasteiger partial charge in [0.2, 0.25) is 11.9 Å². The van der Waals surface area contributed by atoms with Gasteiger partial charge < -0.3 is 20.4 Å². The normalized spacial score (nSPS) is 13.6. The Balaban J connectivity index is 1.62. The number of furan rings is 1. The molecule has 0 bridgehead atoms. The number of hydrogen-bond donors (Lipinski definition) is 3. The lowest BCUT2D eigenvalue weighted by atomic mass is 10.0. The monoisotopic (exact) mass is 351 g/mol. The van der Waals surface area contributed by atoms with Crippen LogP contribution in [0.4, 0.5) is 23.1 Å². The summed E-state index contributed by atoms with van der Waals surface area (Å²) in [5.41, 5.74) is 4.19. The number of aryl methyl sites for hydroxylation is 1. The van der Waals surface area contributed by atoms with Gasteiger partial charge in [-0.25, -0.2) is 4.98 Å². The number of amides is 1. The molecule has 3 heterocycles. The van der Waals surface area contributed by atoms with Gasteiger partial charge in [-0.15, -0.1) is 0 Å². The zero-order valence-electron chi connectivity index (χ0n) is 14.8. The number of anilines is 4. The van der Waals surface area contributed by atoms with Crippen molar-refractivity contribution in [1.29, 1.82) is 0 Å². The molecule has 134 valence electrons. The molecule has 1 aromatic carbocycles. The first-order valence-corrected chi connectivity index (χ1v) is 8.77. The highest BCUT2D eigenvalue weighted by atomic mass is 16.3. The second kappa shape index (κ2) is 6.67. The van der Waals surface area contributed by atoms with Crippen molar-refractivity contribution in [2.45, 2.75) is 26.7 Å². The molecule has 0 fully saturated rings. The first-order chi connectivity index (χ1) is 12.6. The Morgan fingerprint density at radius 3 is 2.96 bits per heavy atom. The van der Waals surface area contributed by atoms with E-state index in [1.165, 1.54) is 0 Å². The Morgan fingerprint density at radius 2 is 2.12 bits per heavy atom. The molecule has 0 saturated carbocycles. The summed E-state index contributed by atoms with van der Waals surface area (Å²) in [4.78, 5) is 20.7. The van der Waals surface area contributed by atoms with Crippen LogP contribution < -0.4 is 16.0 Å². The van der Waals surface area contributed by atoms with Crippen LogP contribution in [-0.2, 0) is 11.2 Å². The molecular weight excluding hydrogens is 330 g/mol. The predicted octanol–water partition coefficient (Wildman–Crippen LogP) is 3.92. The maximum atomic E-state index is 11.6. The smallest absolute Gasteiger partial charge is 0.229 e. The van der Waals surface area contributed by atoms with Crippen molar-refractivity contribution in [3.05, 3.63) is 36.1 Å². The average Bonchev–Trinajstić information content (AvgIpc) is 3.08. The van der Waals surface area contributed by atoms with Gasteiger partial charge in [-0.1, -0.05) is 19.9 Å². The number of carbonyl (C=O) groups is 1. The van der Waals surface area contributed by atoms with Crippen LogP contribution in [-0.4, -0.2) is 22.4 Å². The minimum Gasteiger partial charge on any atom is -0.459 e. The van der Waals surface area contributed by atoms with Crippen molar-refractivity contribution in [1.82, 2.24) is 9.97 Å².